The maximum atomic E-state index is 12.5. The quantitative estimate of drug-likeness (QED) is 0.707. The molecule has 2 atom stereocenters. The molecule has 1 saturated heterocycles. The molecule has 0 spiro atoms. The zero-order chi connectivity index (χ0) is 12.8. The molecule has 2 rings (SSSR count). The number of nitrogens with zero attached hydrogens (tertiary/aromatic N) is 1. The van der Waals surface area contributed by atoms with E-state index in [2.05, 4.69) is 20.8 Å². The molecule has 2 bridgehead atoms. The summed E-state index contributed by atoms with van der Waals surface area (Å²) in [5.74, 6) is 0.181. The Morgan fingerprint density at radius 1 is 1.29 bits per heavy atom. The van der Waals surface area contributed by atoms with Crippen molar-refractivity contribution in [1.29, 1.82) is 0 Å². The summed E-state index contributed by atoms with van der Waals surface area (Å²) in [5.41, 5.74) is -0.511. The first-order valence-electron chi connectivity index (χ1n) is 6.72. The highest BCUT2D eigenvalue weighted by atomic mass is 16.2. The molecule has 2 unspecified atom stereocenters. The Hall–Kier alpha value is -0.860. The lowest BCUT2D eigenvalue weighted by molar-refractivity contribution is -0.167. The minimum Gasteiger partial charge on any atom is -0.282 e. The molecule has 2 aliphatic rings. The Morgan fingerprint density at radius 3 is 2.53 bits per heavy atom. The summed E-state index contributed by atoms with van der Waals surface area (Å²) in [5, 5.41) is 0. The van der Waals surface area contributed by atoms with Crippen LogP contribution in [0.5, 0.6) is 0 Å². The van der Waals surface area contributed by atoms with Crippen LogP contribution >= 0.6 is 0 Å². The van der Waals surface area contributed by atoms with Gasteiger partial charge in [-0.15, -0.1) is 0 Å². The van der Waals surface area contributed by atoms with Crippen molar-refractivity contribution < 1.29 is 9.59 Å². The van der Waals surface area contributed by atoms with E-state index in [0.29, 0.717) is 6.54 Å². The minimum atomic E-state index is -0.334. The second-order valence-electron chi connectivity index (χ2n) is 6.29. The number of hydrogen-bond acceptors (Lipinski definition) is 2. The Morgan fingerprint density at radius 2 is 1.94 bits per heavy atom. The standard InChI is InChI=1S/C14H23NO2/c1-5-6-9-15-11(16)10-7-8-14(4,12(15)17)13(10,2)3/h10H,5-9H2,1-4H3. The van der Waals surface area contributed by atoms with Crippen molar-refractivity contribution in [3.63, 3.8) is 0 Å². The zero-order valence-electron chi connectivity index (χ0n) is 11.4. The Labute approximate surface area is 104 Å². The summed E-state index contributed by atoms with van der Waals surface area (Å²) in [7, 11) is 0. The van der Waals surface area contributed by atoms with Crippen molar-refractivity contribution in [3.8, 4) is 0 Å². The normalized spacial score (nSPS) is 35.5. The van der Waals surface area contributed by atoms with Crippen molar-refractivity contribution in [2.45, 2.75) is 53.4 Å². The number of carbonyl (C=O) groups is 2. The van der Waals surface area contributed by atoms with E-state index in [1.807, 2.05) is 6.92 Å². The Bertz CT molecular complexity index is 361. The lowest BCUT2D eigenvalue weighted by Crippen LogP contribution is -2.59. The van der Waals surface area contributed by atoms with Crippen LogP contribution in [0.25, 0.3) is 0 Å². The monoisotopic (exact) mass is 237 g/mol. The van der Waals surface area contributed by atoms with Gasteiger partial charge in [0.2, 0.25) is 11.8 Å². The summed E-state index contributed by atoms with van der Waals surface area (Å²) in [6, 6.07) is 0. The molecule has 2 amide bonds. The van der Waals surface area contributed by atoms with E-state index in [1.54, 1.807) is 0 Å². The van der Waals surface area contributed by atoms with Gasteiger partial charge in [0, 0.05) is 12.5 Å². The second kappa shape index (κ2) is 3.82. The number of likely N-dealkylation sites (tertiary alicyclic amines) is 1. The molecule has 0 aromatic rings. The second-order valence-corrected chi connectivity index (χ2v) is 6.29. The highest BCUT2D eigenvalue weighted by molar-refractivity contribution is 6.03. The largest absolute Gasteiger partial charge is 0.282 e. The first-order chi connectivity index (χ1) is 7.86. The van der Waals surface area contributed by atoms with Crippen molar-refractivity contribution in [3.05, 3.63) is 0 Å². The van der Waals surface area contributed by atoms with Crippen molar-refractivity contribution in [2.75, 3.05) is 6.54 Å². The minimum absolute atomic E-state index is 0.0436. The van der Waals surface area contributed by atoms with Gasteiger partial charge in [0.1, 0.15) is 0 Å². The van der Waals surface area contributed by atoms with E-state index in [-0.39, 0.29) is 28.6 Å². The van der Waals surface area contributed by atoms with E-state index in [0.717, 1.165) is 25.7 Å². The highest BCUT2D eigenvalue weighted by Crippen LogP contribution is 2.59. The van der Waals surface area contributed by atoms with E-state index >= 15 is 0 Å². The van der Waals surface area contributed by atoms with Gasteiger partial charge in [0.15, 0.2) is 0 Å². The molecule has 3 heteroatoms. The van der Waals surface area contributed by atoms with Crippen LogP contribution in [0, 0.1) is 16.7 Å². The molecule has 1 heterocycles. The van der Waals surface area contributed by atoms with Crippen molar-refractivity contribution in [2.24, 2.45) is 16.7 Å². The van der Waals surface area contributed by atoms with Gasteiger partial charge < -0.3 is 0 Å². The first kappa shape index (κ1) is 12.6. The van der Waals surface area contributed by atoms with Crippen LogP contribution in [0.2, 0.25) is 0 Å². The molecular weight excluding hydrogens is 214 g/mol. The zero-order valence-corrected chi connectivity index (χ0v) is 11.4. The molecule has 0 N–H and O–H groups in total. The van der Waals surface area contributed by atoms with E-state index in [9.17, 15) is 9.59 Å². The molecule has 1 aliphatic carbocycles. The van der Waals surface area contributed by atoms with Crippen LogP contribution in [-0.2, 0) is 9.59 Å². The van der Waals surface area contributed by atoms with Crippen LogP contribution in [-0.4, -0.2) is 23.3 Å². The third-order valence-electron chi connectivity index (χ3n) is 5.24. The third-order valence-corrected chi connectivity index (χ3v) is 5.24. The van der Waals surface area contributed by atoms with Crippen LogP contribution < -0.4 is 0 Å². The summed E-state index contributed by atoms with van der Waals surface area (Å²) in [6.07, 6.45) is 3.66. The molecule has 1 saturated carbocycles. The van der Waals surface area contributed by atoms with Gasteiger partial charge in [0.05, 0.1) is 5.41 Å². The number of carbonyl (C=O) groups excluding carboxylic acids is 2. The molecular formula is C14H23NO2. The van der Waals surface area contributed by atoms with Gasteiger partial charge in [-0.1, -0.05) is 34.1 Å². The van der Waals surface area contributed by atoms with Gasteiger partial charge >= 0.3 is 0 Å². The topological polar surface area (TPSA) is 37.4 Å². The molecule has 1 aliphatic heterocycles. The lowest BCUT2D eigenvalue weighted by Gasteiger charge is -2.47. The lowest BCUT2D eigenvalue weighted by atomic mass is 9.62. The molecule has 0 aromatic carbocycles. The number of imide groups is 1. The molecule has 2 fully saturated rings. The average molecular weight is 237 g/mol. The van der Waals surface area contributed by atoms with Crippen molar-refractivity contribution >= 4 is 11.8 Å². The predicted octanol–water partition coefficient (Wildman–Crippen LogP) is 2.60. The maximum Gasteiger partial charge on any atom is 0.235 e. The fraction of sp³-hybridized carbons (Fsp3) is 0.857. The molecule has 0 aromatic heterocycles. The van der Waals surface area contributed by atoms with Gasteiger partial charge in [-0.3, -0.25) is 14.5 Å². The van der Waals surface area contributed by atoms with E-state index in [4.69, 9.17) is 0 Å². The Kier molecular flexibility index (Phi) is 2.83. The number of amides is 2. The SMILES string of the molecule is CCCCN1C(=O)C2CCC(C)(C1=O)C2(C)C. The number of fused-ring (bicyclic) bond motifs is 2. The summed E-state index contributed by atoms with van der Waals surface area (Å²) in [6.45, 7) is 8.89. The number of rotatable bonds is 3. The summed E-state index contributed by atoms with van der Waals surface area (Å²) < 4.78 is 0. The molecule has 3 nitrogen and oxygen atoms in total. The fourth-order valence-corrected chi connectivity index (χ4v) is 3.43. The molecule has 96 valence electrons. The third kappa shape index (κ3) is 1.47. The molecule has 17 heavy (non-hydrogen) atoms. The van der Waals surface area contributed by atoms with Gasteiger partial charge in [-0.05, 0) is 24.7 Å². The fourth-order valence-electron chi connectivity index (χ4n) is 3.43. The number of hydrogen-bond donors (Lipinski definition) is 0. The van der Waals surface area contributed by atoms with Gasteiger partial charge in [-0.2, -0.15) is 0 Å². The van der Waals surface area contributed by atoms with E-state index in [1.165, 1.54) is 4.90 Å². The Balaban J connectivity index is 2.32. The number of piperidine rings is 1. The average Bonchev–Trinajstić information content (AvgIpc) is 2.45. The highest BCUT2D eigenvalue weighted by Gasteiger charge is 2.64. The van der Waals surface area contributed by atoms with Crippen LogP contribution in [0.4, 0.5) is 0 Å². The predicted molar refractivity (Wildman–Crippen MR) is 66.2 cm³/mol. The summed E-state index contributed by atoms with van der Waals surface area (Å²) >= 11 is 0. The maximum absolute atomic E-state index is 12.5. The van der Waals surface area contributed by atoms with Crippen LogP contribution in [0.1, 0.15) is 53.4 Å². The summed E-state index contributed by atoms with van der Waals surface area (Å²) in [4.78, 5) is 26.4. The smallest absolute Gasteiger partial charge is 0.235 e. The first-order valence-corrected chi connectivity index (χ1v) is 6.72. The van der Waals surface area contributed by atoms with E-state index < -0.39 is 0 Å². The van der Waals surface area contributed by atoms with Gasteiger partial charge in [0.25, 0.3) is 0 Å². The number of unbranched alkanes of at least 4 members (excludes halogenated alkanes) is 1. The molecule has 0 radical (unpaired) electrons. The van der Waals surface area contributed by atoms with Crippen LogP contribution in [0.3, 0.4) is 0 Å². The van der Waals surface area contributed by atoms with Gasteiger partial charge in [-0.25, -0.2) is 0 Å². The van der Waals surface area contributed by atoms with Crippen LogP contribution in [0.15, 0.2) is 0 Å². The van der Waals surface area contributed by atoms with Crippen molar-refractivity contribution in [1.82, 2.24) is 4.90 Å².